The van der Waals surface area contributed by atoms with E-state index in [1.54, 1.807) is 18.2 Å². The summed E-state index contributed by atoms with van der Waals surface area (Å²) in [5, 5.41) is 17.5. The van der Waals surface area contributed by atoms with Crippen LogP contribution in [-0.4, -0.2) is 21.0 Å². The van der Waals surface area contributed by atoms with Gasteiger partial charge in [-0.3, -0.25) is 14.9 Å². The molecule has 0 saturated carbocycles. The van der Waals surface area contributed by atoms with Crippen molar-refractivity contribution in [2.24, 2.45) is 0 Å². The maximum absolute atomic E-state index is 12.1. The van der Waals surface area contributed by atoms with Crippen LogP contribution in [0.25, 0.3) is 11.4 Å². The third kappa shape index (κ3) is 4.10. The summed E-state index contributed by atoms with van der Waals surface area (Å²) in [5.74, 6) is 0.332. The molecule has 26 heavy (non-hydrogen) atoms. The first-order valence-electron chi connectivity index (χ1n) is 7.91. The van der Waals surface area contributed by atoms with E-state index in [4.69, 9.17) is 4.52 Å². The minimum Gasteiger partial charge on any atom is -0.347 e. The van der Waals surface area contributed by atoms with Crippen molar-refractivity contribution in [1.82, 2.24) is 15.5 Å². The van der Waals surface area contributed by atoms with E-state index in [1.165, 1.54) is 6.07 Å². The van der Waals surface area contributed by atoms with E-state index >= 15 is 0 Å². The highest BCUT2D eigenvalue weighted by Gasteiger charge is 2.16. The van der Waals surface area contributed by atoms with Gasteiger partial charge in [0.2, 0.25) is 17.6 Å². The second-order valence-corrected chi connectivity index (χ2v) is 5.72. The Morgan fingerprint density at radius 2 is 1.92 bits per heavy atom. The summed E-state index contributed by atoms with van der Waals surface area (Å²) in [5.41, 5.74) is 2.21. The minimum absolute atomic E-state index is 0.0539. The molecule has 8 nitrogen and oxygen atoms in total. The number of benzene rings is 2. The highest BCUT2D eigenvalue weighted by Crippen LogP contribution is 2.18. The number of carbonyl (C=O) groups is 1. The lowest BCUT2D eigenvalue weighted by atomic mass is 10.1. The summed E-state index contributed by atoms with van der Waals surface area (Å²) in [6.45, 7) is 2.04. The summed E-state index contributed by atoms with van der Waals surface area (Å²) < 4.78 is 5.13. The second-order valence-electron chi connectivity index (χ2n) is 5.72. The number of hydrogen-bond donors (Lipinski definition) is 1. The van der Waals surface area contributed by atoms with Gasteiger partial charge in [0.1, 0.15) is 0 Å². The molecule has 0 bridgehead atoms. The van der Waals surface area contributed by atoms with Crippen LogP contribution in [0.5, 0.6) is 0 Å². The number of aromatic nitrogens is 2. The summed E-state index contributed by atoms with van der Waals surface area (Å²) in [4.78, 5) is 26.8. The van der Waals surface area contributed by atoms with Crippen molar-refractivity contribution >= 4 is 11.6 Å². The van der Waals surface area contributed by atoms with Crippen LogP contribution >= 0.6 is 0 Å². The molecule has 8 heteroatoms. The third-order valence-electron chi connectivity index (χ3n) is 3.75. The van der Waals surface area contributed by atoms with Gasteiger partial charge in [-0.15, -0.1) is 0 Å². The van der Waals surface area contributed by atoms with E-state index in [1.807, 2.05) is 31.2 Å². The lowest BCUT2D eigenvalue weighted by molar-refractivity contribution is -0.385. The average Bonchev–Trinajstić information content (AvgIpc) is 3.10. The zero-order chi connectivity index (χ0) is 18.5. The Balaban J connectivity index is 1.60. The lowest BCUT2D eigenvalue weighted by Crippen LogP contribution is -2.25. The molecular weight excluding hydrogens is 336 g/mol. The van der Waals surface area contributed by atoms with Crippen LogP contribution in [0.3, 0.4) is 0 Å². The van der Waals surface area contributed by atoms with Gasteiger partial charge in [0.25, 0.3) is 5.69 Å². The minimum atomic E-state index is -0.505. The lowest BCUT2D eigenvalue weighted by Gasteiger charge is -2.03. The molecule has 132 valence electrons. The smallest absolute Gasteiger partial charge is 0.273 e. The van der Waals surface area contributed by atoms with Crippen LogP contribution in [0, 0.1) is 17.0 Å². The van der Waals surface area contributed by atoms with Crippen LogP contribution in [-0.2, 0) is 17.8 Å². The molecule has 0 atom stereocenters. The van der Waals surface area contributed by atoms with Crippen molar-refractivity contribution in [3.05, 3.63) is 75.7 Å². The molecular formula is C18H16N4O4. The van der Waals surface area contributed by atoms with Gasteiger partial charge >= 0.3 is 0 Å². The summed E-state index contributed by atoms with van der Waals surface area (Å²) in [6.07, 6.45) is -0.101. The molecule has 0 unspecified atom stereocenters. The van der Waals surface area contributed by atoms with E-state index < -0.39 is 4.92 Å². The predicted molar refractivity (Wildman–Crippen MR) is 93.1 cm³/mol. The first-order valence-corrected chi connectivity index (χ1v) is 7.91. The van der Waals surface area contributed by atoms with Crippen LogP contribution < -0.4 is 5.32 Å². The van der Waals surface area contributed by atoms with E-state index in [9.17, 15) is 14.9 Å². The molecule has 1 heterocycles. The monoisotopic (exact) mass is 352 g/mol. The molecule has 0 aliphatic heterocycles. The number of hydrogen-bond acceptors (Lipinski definition) is 6. The Labute approximate surface area is 149 Å². The van der Waals surface area contributed by atoms with Crippen LogP contribution in [0.4, 0.5) is 5.69 Å². The van der Waals surface area contributed by atoms with Crippen LogP contribution in [0.1, 0.15) is 17.0 Å². The molecule has 0 radical (unpaired) electrons. The molecule has 1 amide bonds. The summed E-state index contributed by atoms with van der Waals surface area (Å²) >= 11 is 0. The number of rotatable bonds is 6. The molecule has 0 saturated heterocycles. The van der Waals surface area contributed by atoms with Gasteiger partial charge in [0.05, 0.1) is 17.9 Å². The van der Waals surface area contributed by atoms with E-state index in [-0.39, 0.29) is 30.5 Å². The SMILES string of the molecule is Cc1ccc(-c2noc(CNC(=O)Cc3ccccc3[N+](=O)[O-])n2)cc1. The molecule has 2 aromatic carbocycles. The third-order valence-corrected chi connectivity index (χ3v) is 3.75. The number of nitro benzene ring substituents is 1. The van der Waals surface area contributed by atoms with Crippen LogP contribution in [0.15, 0.2) is 53.1 Å². The molecule has 0 fully saturated rings. The fourth-order valence-electron chi connectivity index (χ4n) is 2.39. The first kappa shape index (κ1) is 17.3. The predicted octanol–water partition coefficient (Wildman–Crippen LogP) is 2.81. The van der Waals surface area contributed by atoms with Crippen molar-refractivity contribution in [2.75, 3.05) is 0 Å². The molecule has 3 aromatic rings. The summed E-state index contributed by atoms with van der Waals surface area (Å²) in [6, 6.07) is 13.8. The quantitative estimate of drug-likeness (QED) is 0.539. The molecule has 0 aliphatic carbocycles. The number of carbonyl (C=O) groups excluding carboxylic acids is 1. The van der Waals surface area contributed by atoms with E-state index in [2.05, 4.69) is 15.5 Å². The van der Waals surface area contributed by atoms with Gasteiger partial charge in [-0.1, -0.05) is 53.2 Å². The van der Waals surface area contributed by atoms with Crippen LogP contribution in [0.2, 0.25) is 0 Å². The van der Waals surface area contributed by atoms with Crippen molar-refractivity contribution in [2.45, 2.75) is 19.9 Å². The van der Waals surface area contributed by atoms with Gasteiger partial charge in [0.15, 0.2) is 0 Å². The fourth-order valence-corrected chi connectivity index (χ4v) is 2.39. The fraction of sp³-hybridized carbons (Fsp3) is 0.167. The van der Waals surface area contributed by atoms with Gasteiger partial charge in [-0.05, 0) is 6.92 Å². The van der Waals surface area contributed by atoms with Crippen molar-refractivity contribution in [1.29, 1.82) is 0 Å². The highest BCUT2D eigenvalue weighted by molar-refractivity contribution is 5.79. The Bertz CT molecular complexity index is 934. The number of para-hydroxylation sites is 1. The largest absolute Gasteiger partial charge is 0.347 e. The number of nitrogens with one attached hydrogen (secondary N) is 1. The Morgan fingerprint density at radius 3 is 2.65 bits per heavy atom. The Hall–Kier alpha value is -3.55. The van der Waals surface area contributed by atoms with Crippen molar-refractivity contribution < 1.29 is 14.2 Å². The van der Waals surface area contributed by atoms with Gasteiger partial charge in [0, 0.05) is 17.2 Å². The zero-order valence-corrected chi connectivity index (χ0v) is 14.0. The molecule has 0 aliphatic rings. The normalized spacial score (nSPS) is 10.5. The number of amides is 1. The molecule has 3 rings (SSSR count). The molecule has 1 aromatic heterocycles. The van der Waals surface area contributed by atoms with Gasteiger partial charge in [-0.2, -0.15) is 4.98 Å². The molecule has 0 spiro atoms. The van der Waals surface area contributed by atoms with Gasteiger partial charge in [-0.25, -0.2) is 0 Å². The Kier molecular flexibility index (Phi) is 5.02. The maximum atomic E-state index is 12.1. The van der Waals surface area contributed by atoms with E-state index in [0.717, 1.165) is 11.1 Å². The second kappa shape index (κ2) is 7.56. The van der Waals surface area contributed by atoms with E-state index in [0.29, 0.717) is 11.4 Å². The number of nitro groups is 1. The zero-order valence-electron chi connectivity index (χ0n) is 14.0. The first-order chi connectivity index (χ1) is 12.5. The van der Waals surface area contributed by atoms with Crippen molar-refractivity contribution in [3.8, 4) is 11.4 Å². The summed E-state index contributed by atoms with van der Waals surface area (Å²) in [7, 11) is 0. The Morgan fingerprint density at radius 1 is 1.19 bits per heavy atom. The maximum Gasteiger partial charge on any atom is 0.273 e. The highest BCUT2D eigenvalue weighted by atomic mass is 16.6. The number of nitrogens with zero attached hydrogens (tertiary/aromatic N) is 3. The van der Waals surface area contributed by atoms with Crippen molar-refractivity contribution in [3.63, 3.8) is 0 Å². The number of aryl methyl sites for hydroxylation is 1. The topological polar surface area (TPSA) is 111 Å². The standard InChI is InChI=1S/C18H16N4O4/c1-12-6-8-13(9-7-12)18-20-17(26-21-18)11-19-16(23)10-14-4-2-3-5-15(14)22(24)25/h2-9H,10-11H2,1H3,(H,19,23). The van der Waals surface area contributed by atoms with Gasteiger partial charge < -0.3 is 9.84 Å². The average molecular weight is 352 g/mol. The molecule has 1 N–H and O–H groups in total.